The van der Waals surface area contributed by atoms with Gasteiger partial charge in [0.2, 0.25) is 0 Å². The van der Waals surface area contributed by atoms with Crippen molar-refractivity contribution in [2.45, 2.75) is 58.4 Å². The number of aromatic nitrogens is 2. The molecule has 0 bridgehead atoms. The maximum atomic E-state index is 12.1. The van der Waals surface area contributed by atoms with Crippen LogP contribution < -0.4 is 11.1 Å². The van der Waals surface area contributed by atoms with Crippen molar-refractivity contribution in [3.8, 4) is 0 Å². The average molecular weight is 303 g/mol. The molecule has 1 amide bonds. The molecule has 1 aromatic heterocycles. The largest absolute Gasteiger partial charge is 0.347 e. The number of aromatic amines is 1. The van der Waals surface area contributed by atoms with Crippen molar-refractivity contribution < 1.29 is 4.79 Å². The summed E-state index contributed by atoms with van der Waals surface area (Å²) in [6, 6.07) is 1.84. The van der Waals surface area contributed by atoms with E-state index in [1.54, 1.807) is 0 Å². The zero-order valence-electron chi connectivity index (χ0n) is 12.8. The quantitative estimate of drug-likeness (QED) is 0.754. The smallest absolute Gasteiger partial charge is 0.272 e. The molecule has 1 heterocycles. The SMILES string of the molecule is CCCCC(CN)NC(=O)c1cc(C(C)(C)C)[nH]n1.Cl. The Hall–Kier alpha value is -1.07. The lowest BCUT2D eigenvalue weighted by molar-refractivity contribution is 0.0930. The van der Waals surface area contributed by atoms with Crippen LogP contribution in [0.5, 0.6) is 0 Å². The molecule has 0 aromatic carbocycles. The third-order valence-electron chi connectivity index (χ3n) is 3.14. The Morgan fingerprint density at radius 2 is 2.15 bits per heavy atom. The number of hydrogen-bond donors (Lipinski definition) is 3. The van der Waals surface area contributed by atoms with Gasteiger partial charge in [0, 0.05) is 23.7 Å². The zero-order valence-corrected chi connectivity index (χ0v) is 13.6. The van der Waals surface area contributed by atoms with Crippen LogP contribution in [0.4, 0.5) is 0 Å². The minimum atomic E-state index is -0.154. The van der Waals surface area contributed by atoms with Crippen LogP contribution in [-0.2, 0) is 5.41 Å². The van der Waals surface area contributed by atoms with Gasteiger partial charge < -0.3 is 11.1 Å². The molecule has 0 fully saturated rings. The molecule has 0 spiro atoms. The van der Waals surface area contributed by atoms with Crippen molar-refractivity contribution in [2.75, 3.05) is 6.54 Å². The molecule has 1 aromatic rings. The summed E-state index contributed by atoms with van der Waals surface area (Å²) in [4.78, 5) is 12.1. The van der Waals surface area contributed by atoms with Gasteiger partial charge >= 0.3 is 0 Å². The Balaban J connectivity index is 0.00000361. The summed E-state index contributed by atoms with van der Waals surface area (Å²) in [5.74, 6) is -0.154. The van der Waals surface area contributed by atoms with Crippen LogP contribution in [0.15, 0.2) is 6.07 Å². The molecular weight excluding hydrogens is 276 g/mol. The summed E-state index contributed by atoms with van der Waals surface area (Å²) in [5, 5.41) is 9.93. The molecule has 0 aliphatic rings. The first-order valence-electron chi connectivity index (χ1n) is 6.95. The summed E-state index contributed by atoms with van der Waals surface area (Å²) < 4.78 is 0. The Kier molecular flexibility index (Phi) is 7.83. The van der Waals surface area contributed by atoms with Crippen molar-refractivity contribution in [2.24, 2.45) is 5.73 Å². The predicted octanol–water partition coefficient (Wildman–Crippen LogP) is 2.38. The second-order valence-corrected chi connectivity index (χ2v) is 5.97. The molecule has 0 radical (unpaired) electrons. The minimum Gasteiger partial charge on any atom is -0.347 e. The first-order valence-corrected chi connectivity index (χ1v) is 6.95. The number of rotatable bonds is 6. The third kappa shape index (κ3) is 5.51. The molecule has 6 heteroatoms. The maximum Gasteiger partial charge on any atom is 0.272 e. The predicted molar refractivity (Wildman–Crippen MR) is 84.4 cm³/mol. The number of hydrogen-bond acceptors (Lipinski definition) is 3. The van der Waals surface area contributed by atoms with Gasteiger partial charge in [-0.25, -0.2) is 0 Å². The summed E-state index contributed by atoms with van der Waals surface area (Å²) in [7, 11) is 0. The van der Waals surface area contributed by atoms with Crippen molar-refractivity contribution in [3.63, 3.8) is 0 Å². The van der Waals surface area contributed by atoms with Gasteiger partial charge in [0.25, 0.3) is 5.91 Å². The molecule has 20 heavy (non-hydrogen) atoms. The molecule has 116 valence electrons. The molecule has 5 nitrogen and oxygen atoms in total. The Labute approximate surface area is 127 Å². The van der Waals surface area contributed by atoms with E-state index in [-0.39, 0.29) is 29.8 Å². The molecule has 0 saturated carbocycles. The lowest BCUT2D eigenvalue weighted by Crippen LogP contribution is -2.40. The van der Waals surface area contributed by atoms with E-state index in [1.807, 2.05) is 6.07 Å². The fourth-order valence-corrected chi connectivity index (χ4v) is 1.78. The minimum absolute atomic E-state index is 0. The number of nitrogens with zero attached hydrogens (tertiary/aromatic N) is 1. The number of halogens is 1. The molecular formula is C14H27ClN4O. The highest BCUT2D eigenvalue weighted by atomic mass is 35.5. The Morgan fingerprint density at radius 1 is 1.50 bits per heavy atom. The lowest BCUT2D eigenvalue weighted by Gasteiger charge is -2.16. The van der Waals surface area contributed by atoms with Gasteiger partial charge in [0.1, 0.15) is 5.69 Å². The van der Waals surface area contributed by atoms with Crippen LogP contribution in [0, 0.1) is 0 Å². The van der Waals surface area contributed by atoms with Gasteiger partial charge in [0.05, 0.1) is 0 Å². The summed E-state index contributed by atoms with van der Waals surface area (Å²) in [6.45, 7) is 8.81. The molecule has 0 aliphatic heterocycles. The Morgan fingerprint density at radius 3 is 2.60 bits per heavy atom. The molecule has 1 atom stereocenters. The Bertz CT molecular complexity index is 412. The number of carbonyl (C=O) groups excluding carboxylic acids is 1. The van der Waals surface area contributed by atoms with Crippen LogP contribution in [0.2, 0.25) is 0 Å². The van der Waals surface area contributed by atoms with E-state index in [2.05, 4.69) is 43.2 Å². The fourth-order valence-electron chi connectivity index (χ4n) is 1.78. The highest BCUT2D eigenvalue weighted by Gasteiger charge is 2.20. The molecule has 0 aliphatic carbocycles. The normalized spacial score (nSPS) is 12.7. The standard InChI is InChI=1S/C14H26N4O.ClH/c1-5-6-7-10(9-15)16-13(19)11-8-12(18-17-11)14(2,3)4;/h8,10H,5-7,9,15H2,1-4H3,(H,16,19)(H,17,18);1H. The molecule has 0 saturated heterocycles. The van der Waals surface area contributed by atoms with Crippen molar-refractivity contribution in [1.82, 2.24) is 15.5 Å². The highest BCUT2D eigenvalue weighted by Crippen LogP contribution is 2.20. The van der Waals surface area contributed by atoms with Crippen LogP contribution in [0.25, 0.3) is 0 Å². The highest BCUT2D eigenvalue weighted by molar-refractivity contribution is 5.92. The number of nitrogens with two attached hydrogens (primary N) is 1. The van der Waals surface area contributed by atoms with Gasteiger partial charge in [-0.2, -0.15) is 5.10 Å². The van der Waals surface area contributed by atoms with Gasteiger partial charge in [-0.3, -0.25) is 9.89 Å². The first-order chi connectivity index (χ1) is 8.88. The molecule has 1 unspecified atom stereocenters. The zero-order chi connectivity index (χ0) is 14.5. The number of unbranched alkanes of at least 4 members (excludes halogenated alkanes) is 1. The van der Waals surface area contributed by atoms with E-state index >= 15 is 0 Å². The van der Waals surface area contributed by atoms with E-state index in [0.29, 0.717) is 12.2 Å². The van der Waals surface area contributed by atoms with E-state index in [4.69, 9.17) is 5.73 Å². The van der Waals surface area contributed by atoms with E-state index in [0.717, 1.165) is 25.0 Å². The topological polar surface area (TPSA) is 83.8 Å². The average Bonchev–Trinajstić information content (AvgIpc) is 2.83. The fraction of sp³-hybridized carbons (Fsp3) is 0.714. The summed E-state index contributed by atoms with van der Waals surface area (Å²) in [5.41, 5.74) is 7.02. The van der Waals surface area contributed by atoms with E-state index in [9.17, 15) is 4.79 Å². The number of nitrogens with one attached hydrogen (secondary N) is 2. The maximum absolute atomic E-state index is 12.1. The van der Waals surface area contributed by atoms with Gasteiger partial charge in [-0.1, -0.05) is 40.5 Å². The number of carbonyl (C=O) groups is 1. The van der Waals surface area contributed by atoms with Crippen molar-refractivity contribution >= 4 is 18.3 Å². The van der Waals surface area contributed by atoms with Gasteiger partial charge in [-0.15, -0.1) is 12.4 Å². The lowest BCUT2D eigenvalue weighted by atomic mass is 9.92. The van der Waals surface area contributed by atoms with Crippen LogP contribution in [-0.4, -0.2) is 28.7 Å². The molecule has 4 N–H and O–H groups in total. The number of H-pyrrole nitrogens is 1. The van der Waals surface area contributed by atoms with E-state index in [1.165, 1.54) is 0 Å². The van der Waals surface area contributed by atoms with E-state index < -0.39 is 0 Å². The summed E-state index contributed by atoms with van der Waals surface area (Å²) >= 11 is 0. The van der Waals surface area contributed by atoms with Crippen molar-refractivity contribution in [3.05, 3.63) is 17.5 Å². The van der Waals surface area contributed by atoms with Gasteiger partial charge in [0.15, 0.2) is 0 Å². The van der Waals surface area contributed by atoms with Crippen LogP contribution in [0.3, 0.4) is 0 Å². The van der Waals surface area contributed by atoms with Crippen molar-refractivity contribution in [1.29, 1.82) is 0 Å². The second kappa shape index (κ2) is 8.27. The monoisotopic (exact) mass is 302 g/mol. The van der Waals surface area contributed by atoms with Crippen LogP contribution >= 0.6 is 12.4 Å². The number of amides is 1. The molecule has 1 rings (SSSR count). The van der Waals surface area contributed by atoms with Crippen LogP contribution in [0.1, 0.15) is 63.1 Å². The van der Waals surface area contributed by atoms with Gasteiger partial charge in [-0.05, 0) is 12.5 Å². The first kappa shape index (κ1) is 18.9. The summed E-state index contributed by atoms with van der Waals surface area (Å²) in [6.07, 6.45) is 3.08. The third-order valence-corrected chi connectivity index (χ3v) is 3.14. The second-order valence-electron chi connectivity index (χ2n) is 5.97.